The zero-order valence-electron chi connectivity index (χ0n) is 13.9. The highest BCUT2D eigenvalue weighted by Crippen LogP contribution is 2.34. The highest BCUT2D eigenvalue weighted by atomic mass is 16.2. The van der Waals surface area contributed by atoms with E-state index in [9.17, 15) is 4.79 Å². The van der Waals surface area contributed by atoms with Crippen LogP contribution in [0.5, 0.6) is 0 Å². The highest BCUT2D eigenvalue weighted by Gasteiger charge is 2.40. The summed E-state index contributed by atoms with van der Waals surface area (Å²) in [5.41, 5.74) is 0. The van der Waals surface area contributed by atoms with E-state index in [0.717, 1.165) is 31.2 Å². The molecule has 21 heavy (non-hydrogen) atoms. The number of hydrogen-bond acceptors (Lipinski definition) is 2. The van der Waals surface area contributed by atoms with Crippen molar-refractivity contribution in [2.24, 2.45) is 11.8 Å². The fourth-order valence-electron chi connectivity index (χ4n) is 4.73. The topological polar surface area (TPSA) is 23.6 Å². The lowest BCUT2D eigenvalue weighted by Gasteiger charge is -2.49. The molecule has 3 heteroatoms. The smallest absolute Gasteiger partial charge is 0.222 e. The number of fused-ring (bicyclic) bond motifs is 1. The van der Waals surface area contributed by atoms with Crippen molar-refractivity contribution in [3.05, 3.63) is 0 Å². The van der Waals surface area contributed by atoms with Crippen LogP contribution in [0, 0.1) is 11.8 Å². The average Bonchev–Trinajstić information content (AvgIpc) is 2.50. The molecule has 0 aromatic rings. The molecule has 0 unspecified atom stereocenters. The molecule has 3 nitrogen and oxygen atoms in total. The van der Waals surface area contributed by atoms with Crippen molar-refractivity contribution < 1.29 is 4.79 Å². The molecule has 3 aliphatic rings. The van der Waals surface area contributed by atoms with Gasteiger partial charge in [-0.05, 0) is 51.4 Å². The van der Waals surface area contributed by atoms with Crippen LogP contribution >= 0.6 is 0 Å². The Bertz CT molecular complexity index is 362. The summed E-state index contributed by atoms with van der Waals surface area (Å²) in [4.78, 5) is 17.4. The predicted molar refractivity (Wildman–Crippen MR) is 86.1 cm³/mol. The monoisotopic (exact) mass is 292 g/mol. The number of hydrogen-bond donors (Lipinski definition) is 0. The van der Waals surface area contributed by atoms with Crippen LogP contribution < -0.4 is 0 Å². The maximum Gasteiger partial charge on any atom is 0.222 e. The average molecular weight is 292 g/mol. The Morgan fingerprint density at radius 2 is 1.86 bits per heavy atom. The van der Waals surface area contributed by atoms with Crippen molar-refractivity contribution in [2.45, 2.75) is 77.3 Å². The fraction of sp³-hybridized carbons (Fsp3) is 0.944. The van der Waals surface area contributed by atoms with Gasteiger partial charge in [0.25, 0.3) is 0 Å². The van der Waals surface area contributed by atoms with E-state index in [4.69, 9.17) is 0 Å². The Balaban J connectivity index is 1.63. The van der Waals surface area contributed by atoms with Crippen molar-refractivity contribution in [3.8, 4) is 0 Å². The third kappa shape index (κ3) is 3.44. The number of carbonyl (C=O) groups is 1. The number of likely N-dealkylation sites (tertiary alicyclic amines) is 2. The van der Waals surface area contributed by atoms with E-state index in [2.05, 4.69) is 23.6 Å². The minimum atomic E-state index is 0.444. The third-order valence-corrected chi connectivity index (χ3v) is 6.08. The van der Waals surface area contributed by atoms with Crippen LogP contribution in [0.4, 0.5) is 0 Å². The molecule has 0 aromatic carbocycles. The highest BCUT2D eigenvalue weighted by molar-refractivity contribution is 5.77. The lowest BCUT2D eigenvalue weighted by Crippen LogP contribution is -2.57. The zero-order chi connectivity index (χ0) is 14.8. The van der Waals surface area contributed by atoms with E-state index in [0.29, 0.717) is 18.0 Å². The van der Waals surface area contributed by atoms with Gasteiger partial charge in [0.05, 0.1) is 0 Å². The van der Waals surface area contributed by atoms with Crippen LogP contribution in [0.2, 0.25) is 0 Å². The second kappa shape index (κ2) is 6.68. The molecule has 0 radical (unpaired) electrons. The maximum atomic E-state index is 12.5. The largest absolute Gasteiger partial charge is 0.339 e. The first-order valence-corrected chi connectivity index (χ1v) is 9.18. The van der Waals surface area contributed by atoms with Crippen LogP contribution in [-0.2, 0) is 4.79 Å². The predicted octanol–water partition coefficient (Wildman–Crippen LogP) is 3.29. The Labute approximate surface area is 130 Å². The van der Waals surface area contributed by atoms with Gasteiger partial charge in [0, 0.05) is 38.1 Å². The van der Waals surface area contributed by atoms with Gasteiger partial charge in [-0.1, -0.05) is 19.3 Å². The summed E-state index contributed by atoms with van der Waals surface area (Å²) in [7, 11) is 0. The number of amides is 1. The SMILES string of the molecule is CC(C)N1CC[C@H]2[C@H](CCC(=O)N2CC2CCCCC2)C1. The summed E-state index contributed by atoms with van der Waals surface area (Å²) >= 11 is 0. The number of carbonyl (C=O) groups excluding carboxylic acids is 1. The van der Waals surface area contributed by atoms with E-state index in [1.165, 1.54) is 51.6 Å². The first kappa shape index (κ1) is 15.3. The van der Waals surface area contributed by atoms with Gasteiger partial charge in [-0.15, -0.1) is 0 Å². The molecule has 0 N–H and O–H groups in total. The maximum absolute atomic E-state index is 12.5. The normalized spacial score (nSPS) is 32.5. The lowest BCUT2D eigenvalue weighted by molar-refractivity contribution is -0.142. The van der Waals surface area contributed by atoms with Gasteiger partial charge in [-0.25, -0.2) is 0 Å². The van der Waals surface area contributed by atoms with Crippen molar-refractivity contribution in [1.82, 2.24) is 9.80 Å². The number of rotatable bonds is 3. The molecule has 0 spiro atoms. The van der Waals surface area contributed by atoms with Crippen molar-refractivity contribution in [2.75, 3.05) is 19.6 Å². The first-order chi connectivity index (χ1) is 10.1. The van der Waals surface area contributed by atoms with Gasteiger partial charge < -0.3 is 9.80 Å². The van der Waals surface area contributed by atoms with E-state index in [1.54, 1.807) is 0 Å². The van der Waals surface area contributed by atoms with Crippen LogP contribution in [0.25, 0.3) is 0 Å². The van der Waals surface area contributed by atoms with Gasteiger partial charge in [-0.3, -0.25) is 4.79 Å². The van der Waals surface area contributed by atoms with E-state index in [-0.39, 0.29) is 0 Å². The second-order valence-corrected chi connectivity index (χ2v) is 7.79. The third-order valence-electron chi connectivity index (χ3n) is 6.08. The molecular formula is C18H32N2O. The summed E-state index contributed by atoms with van der Waals surface area (Å²) in [6.45, 7) is 8.04. The van der Waals surface area contributed by atoms with Gasteiger partial charge >= 0.3 is 0 Å². The van der Waals surface area contributed by atoms with Crippen LogP contribution in [0.1, 0.15) is 65.2 Å². The fourth-order valence-corrected chi connectivity index (χ4v) is 4.73. The summed E-state index contributed by atoms with van der Waals surface area (Å²) in [5.74, 6) is 1.95. The summed E-state index contributed by atoms with van der Waals surface area (Å²) in [6, 6.07) is 1.19. The van der Waals surface area contributed by atoms with Crippen molar-refractivity contribution in [3.63, 3.8) is 0 Å². The molecule has 3 fully saturated rings. The molecule has 3 rings (SSSR count). The van der Waals surface area contributed by atoms with Crippen LogP contribution in [0.3, 0.4) is 0 Å². The molecule has 2 atom stereocenters. The Kier molecular flexibility index (Phi) is 4.88. The quantitative estimate of drug-likeness (QED) is 0.797. The molecule has 120 valence electrons. The summed E-state index contributed by atoms with van der Waals surface area (Å²) in [6.07, 6.45) is 9.96. The summed E-state index contributed by atoms with van der Waals surface area (Å²) < 4.78 is 0. The molecule has 1 amide bonds. The number of nitrogens with zero attached hydrogens (tertiary/aromatic N) is 2. The van der Waals surface area contributed by atoms with E-state index >= 15 is 0 Å². The Morgan fingerprint density at radius 1 is 1.10 bits per heavy atom. The zero-order valence-corrected chi connectivity index (χ0v) is 13.9. The molecule has 2 heterocycles. The molecule has 2 saturated heterocycles. The van der Waals surface area contributed by atoms with Crippen molar-refractivity contribution >= 4 is 5.91 Å². The molecule has 2 aliphatic heterocycles. The molecular weight excluding hydrogens is 260 g/mol. The second-order valence-electron chi connectivity index (χ2n) is 7.79. The van der Waals surface area contributed by atoms with E-state index in [1.807, 2.05) is 0 Å². The Morgan fingerprint density at radius 3 is 2.57 bits per heavy atom. The first-order valence-electron chi connectivity index (χ1n) is 9.18. The van der Waals surface area contributed by atoms with Crippen LogP contribution in [-0.4, -0.2) is 47.4 Å². The van der Waals surface area contributed by atoms with Gasteiger partial charge in [-0.2, -0.15) is 0 Å². The van der Waals surface area contributed by atoms with Crippen LogP contribution in [0.15, 0.2) is 0 Å². The molecule has 0 bridgehead atoms. The van der Waals surface area contributed by atoms with Crippen molar-refractivity contribution in [1.29, 1.82) is 0 Å². The van der Waals surface area contributed by atoms with Gasteiger partial charge in [0.2, 0.25) is 5.91 Å². The van der Waals surface area contributed by atoms with Gasteiger partial charge in [0.15, 0.2) is 0 Å². The van der Waals surface area contributed by atoms with E-state index < -0.39 is 0 Å². The molecule has 1 saturated carbocycles. The minimum absolute atomic E-state index is 0.444. The summed E-state index contributed by atoms with van der Waals surface area (Å²) in [5, 5.41) is 0. The number of piperidine rings is 2. The Hall–Kier alpha value is -0.570. The lowest BCUT2D eigenvalue weighted by atomic mass is 9.81. The van der Waals surface area contributed by atoms with Gasteiger partial charge in [0.1, 0.15) is 0 Å². The standard InChI is InChI=1S/C18H32N2O/c1-14(2)19-11-10-17-16(13-19)8-9-18(21)20(17)12-15-6-4-3-5-7-15/h14-17H,3-13H2,1-2H3/t16-,17+/m1/s1. The minimum Gasteiger partial charge on any atom is -0.339 e. The molecule has 0 aromatic heterocycles. The molecule has 1 aliphatic carbocycles.